The van der Waals surface area contributed by atoms with Crippen molar-refractivity contribution < 1.29 is 0 Å². The number of nitrogens with two attached hydrogens (primary N) is 1. The van der Waals surface area contributed by atoms with Crippen LogP contribution in [0.3, 0.4) is 0 Å². The van der Waals surface area contributed by atoms with E-state index < -0.39 is 0 Å². The molecule has 15 heavy (non-hydrogen) atoms. The lowest BCUT2D eigenvalue weighted by Crippen LogP contribution is -1.97. The number of aromatic nitrogens is 3. The van der Waals surface area contributed by atoms with Crippen molar-refractivity contribution in [1.29, 1.82) is 0 Å². The zero-order chi connectivity index (χ0) is 10.7. The van der Waals surface area contributed by atoms with Gasteiger partial charge >= 0.3 is 0 Å². The van der Waals surface area contributed by atoms with Gasteiger partial charge in [-0.2, -0.15) is 0 Å². The van der Waals surface area contributed by atoms with Crippen molar-refractivity contribution in [3.63, 3.8) is 0 Å². The summed E-state index contributed by atoms with van der Waals surface area (Å²) in [5.41, 5.74) is 7.41. The highest BCUT2D eigenvalue weighted by Gasteiger charge is 2.03. The molecule has 0 saturated carbocycles. The van der Waals surface area contributed by atoms with Gasteiger partial charge < -0.3 is 10.3 Å². The Labute approximate surface area is 87.8 Å². The maximum atomic E-state index is 5.51. The minimum absolute atomic E-state index is 0.500. The van der Waals surface area contributed by atoms with Crippen LogP contribution in [0.4, 0.5) is 5.82 Å². The van der Waals surface area contributed by atoms with Gasteiger partial charge in [-0.15, -0.1) is 6.42 Å². The van der Waals surface area contributed by atoms with Crippen molar-refractivity contribution in [2.45, 2.75) is 6.54 Å². The van der Waals surface area contributed by atoms with Gasteiger partial charge in [-0.3, -0.25) is 0 Å². The van der Waals surface area contributed by atoms with Crippen LogP contribution in [0.5, 0.6) is 0 Å². The minimum atomic E-state index is 0.500. The lowest BCUT2D eigenvalue weighted by atomic mass is 10.2. The number of nitrogens with zero attached hydrogens (tertiary/aromatic N) is 3. The summed E-state index contributed by atoms with van der Waals surface area (Å²) >= 11 is 0. The van der Waals surface area contributed by atoms with Crippen LogP contribution < -0.4 is 5.73 Å². The Morgan fingerprint density at radius 1 is 1.40 bits per heavy atom. The normalized spacial score (nSPS) is 9.80. The second kappa shape index (κ2) is 3.84. The van der Waals surface area contributed by atoms with Crippen LogP contribution in [0.2, 0.25) is 0 Å². The molecule has 2 rings (SSSR count). The molecule has 0 saturated heterocycles. The largest absolute Gasteiger partial charge is 0.384 e. The molecule has 0 aliphatic rings. The first-order valence-corrected chi connectivity index (χ1v) is 4.47. The Bertz CT molecular complexity index is 490. The molecular weight excluding hydrogens is 188 g/mol. The summed E-state index contributed by atoms with van der Waals surface area (Å²) in [7, 11) is 0. The van der Waals surface area contributed by atoms with Crippen molar-refractivity contribution in [3.05, 3.63) is 30.9 Å². The molecule has 0 fully saturated rings. The Morgan fingerprint density at radius 3 is 2.93 bits per heavy atom. The molecule has 2 heterocycles. The molecule has 0 radical (unpaired) electrons. The number of hydrogen-bond acceptors (Lipinski definition) is 3. The summed E-state index contributed by atoms with van der Waals surface area (Å²) < 4.78 is 1.88. The Morgan fingerprint density at radius 2 is 2.27 bits per heavy atom. The average Bonchev–Trinajstić information content (AvgIpc) is 2.68. The van der Waals surface area contributed by atoms with E-state index in [1.807, 2.05) is 10.6 Å². The fourth-order valence-electron chi connectivity index (χ4n) is 1.34. The zero-order valence-electron chi connectivity index (χ0n) is 8.09. The molecule has 74 valence electrons. The number of anilines is 1. The molecular formula is C11H10N4. The molecule has 0 amide bonds. The summed E-state index contributed by atoms with van der Waals surface area (Å²) in [5, 5.41) is 0. The Hall–Kier alpha value is -2.28. The number of rotatable bonds is 2. The topological polar surface area (TPSA) is 56.7 Å². The van der Waals surface area contributed by atoms with Gasteiger partial charge in [-0.05, 0) is 12.1 Å². The van der Waals surface area contributed by atoms with Crippen LogP contribution in [0.15, 0.2) is 30.9 Å². The van der Waals surface area contributed by atoms with Crippen molar-refractivity contribution in [2.75, 3.05) is 5.73 Å². The van der Waals surface area contributed by atoms with Crippen molar-refractivity contribution in [3.8, 4) is 23.6 Å². The molecule has 2 N–H and O–H groups in total. The second-order valence-corrected chi connectivity index (χ2v) is 3.08. The highest BCUT2D eigenvalue weighted by Crippen LogP contribution is 2.18. The van der Waals surface area contributed by atoms with Gasteiger partial charge in [0.2, 0.25) is 0 Å². The lowest BCUT2D eigenvalue weighted by molar-refractivity contribution is 0.848. The fourth-order valence-corrected chi connectivity index (χ4v) is 1.34. The molecule has 0 aliphatic carbocycles. The Kier molecular flexibility index (Phi) is 2.38. The van der Waals surface area contributed by atoms with Crippen LogP contribution >= 0.6 is 0 Å². The van der Waals surface area contributed by atoms with Crippen molar-refractivity contribution in [1.82, 2.24) is 14.5 Å². The highest BCUT2D eigenvalue weighted by atomic mass is 15.0. The quantitative estimate of drug-likeness (QED) is 0.737. The van der Waals surface area contributed by atoms with Gasteiger partial charge in [-0.25, -0.2) is 9.97 Å². The number of hydrogen-bond donors (Lipinski definition) is 1. The van der Waals surface area contributed by atoms with E-state index in [0.29, 0.717) is 12.4 Å². The van der Waals surface area contributed by atoms with E-state index in [2.05, 4.69) is 15.9 Å². The van der Waals surface area contributed by atoms with Crippen LogP contribution in [-0.4, -0.2) is 14.5 Å². The van der Waals surface area contributed by atoms with Crippen molar-refractivity contribution in [2.24, 2.45) is 0 Å². The van der Waals surface area contributed by atoms with Crippen LogP contribution in [0, 0.1) is 12.3 Å². The molecule has 0 unspecified atom stereocenters. The van der Waals surface area contributed by atoms with E-state index in [9.17, 15) is 0 Å². The van der Waals surface area contributed by atoms with Gasteiger partial charge in [0.25, 0.3) is 0 Å². The molecule has 0 aromatic carbocycles. The third-order valence-electron chi connectivity index (χ3n) is 2.06. The summed E-state index contributed by atoms with van der Waals surface area (Å²) in [4.78, 5) is 8.07. The van der Waals surface area contributed by atoms with E-state index in [1.165, 1.54) is 0 Å². The predicted molar refractivity (Wildman–Crippen MR) is 58.7 cm³/mol. The molecule has 4 nitrogen and oxygen atoms in total. The van der Waals surface area contributed by atoms with E-state index in [4.69, 9.17) is 12.2 Å². The Balaban J connectivity index is 2.41. The number of pyridine rings is 1. The molecule has 0 aliphatic heterocycles. The number of nitrogen functional groups attached to an aromatic ring is 1. The standard InChI is InChI=1S/C11H10N4/c1-2-5-15-8-13-7-10(15)9-3-4-11(12)14-6-9/h1,3-4,6-8H,5H2,(H2,12,14). The molecule has 2 aromatic heterocycles. The third kappa shape index (κ3) is 1.81. The van der Waals surface area contributed by atoms with Crippen molar-refractivity contribution >= 4 is 5.82 Å². The van der Waals surface area contributed by atoms with Gasteiger partial charge in [0.15, 0.2) is 0 Å². The maximum Gasteiger partial charge on any atom is 0.123 e. The van der Waals surface area contributed by atoms with Gasteiger partial charge in [0.1, 0.15) is 5.82 Å². The highest BCUT2D eigenvalue weighted by molar-refractivity contribution is 5.59. The summed E-state index contributed by atoms with van der Waals surface area (Å²) in [5.74, 6) is 3.07. The molecule has 4 heteroatoms. The second-order valence-electron chi connectivity index (χ2n) is 3.08. The van der Waals surface area contributed by atoms with Gasteiger partial charge in [0.05, 0.1) is 24.8 Å². The van der Waals surface area contributed by atoms with Crippen LogP contribution in [0.1, 0.15) is 0 Å². The van der Waals surface area contributed by atoms with Gasteiger partial charge in [-0.1, -0.05) is 5.92 Å². The molecule has 0 bridgehead atoms. The first-order valence-electron chi connectivity index (χ1n) is 4.47. The SMILES string of the molecule is C#CCn1cncc1-c1ccc(N)nc1. The van der Waals surface area contributed by atoms with Crippen LogP contribution in [0.25, 0.3) is 11.3 Å². The van der Waals surface area contributed by atoms with E-state index >= 15 is 0 Å². The summed E-state index contributed by atoms with van der Waals surface area (Å²) in [6.07, 6.45) is 10.4. The fraction of sp³-hybridized carbons (Fsp3) is 0.0909. The lowest BCUT2D eigenvalue weighted by Gasteiger charge is -2.03. The minimum Gasteiger partial charge on any atom is -0.384 e. The van der Waals surface area contributed by atoms with E-state index in [0.717, 1.165) is 11.3 Å². The average molecular weight is 198 g/mol. The molecule has 0 atom stereocenters. The predicted octanol–water partition coefficient (Wildman–Crippen LogP) is 1.16. The number of terminal acetylenes is 1. The number of imidazole rings is 1. The van der Waals surface area contributed by atoms with E-state index in [1.54, 1.807) is 24.8 Å². The molecule has 0 spiro atoms. The van der Waals surface area contributed by atoms with Crippen LogP contribution in [-0.2, 0) is 6.54 Å². The monoisotopic (exact) mass is 198 g/mol. The first kappa shape index (κ1) is 9.28. The third-order valence-corrected chi connectivity index (χ3v) is 2.06. The van der Waals surface area contributed by atoms with Gasteiger partial charge in [0, 0.05) is 11.8 Å². The van der Waals surface area contributed by atoms with E-state index in [-0.39, 0.29) is 0 Å². The maximum absolute atomic E-state index is 5.51. The molecule has 2 aromatic rings. The first-order chi connectivity index (χ1) is 7.31. The zero-order valence-corrected chi connectivity index (χ0v) is 8.09. The smallest absolute Gasteiger partial charge is 0.123 e. The summed E-state index contributed by atoms with van der Waals surface area (Å²) in [6.45, 7) is 0.500. The summed E-state index contributed by atoms with van der Waals surface area (Å²) in [6, 6.07) is 3.65.